The Kier molecular flexibility index (Phi) is 3.57. The highest BCUT2D eigenvalue weighted by Crippen LogP contribution is 2.20. The molecule has 0 bridgehead atoms. The molecule has 0 radical (unpaired) electrons. The zero-order chi connectivity index (χ0) is 14.0. The second kappa shape index (κ2) is 5.16. The standard InChI is InChI=1S/C13H11ClN2O3/c1-7-2-3-9(6-10(7)14)15-13(19)8-4-11(17)16-12(18)5-8/h2-6H,1H3,(H,15,19)(H2,16,17,18). The Bertz CT molecular complexity index is 695. The van der Waals surface area contributed by atoms with E-state index in [4.69, 9.17) is 11.6 Å². The van der Waals surface area contributed by atoms with Crippen LogP contribution in [0.15, 0.2) is 35.1 Å². The van der Waals surface area contributed by atoms with E-state index in [1.54, 1.807) is 18.2 Å². The lowest BCUT2D eigenvalue weighted by Gasteiger charge is -2.07. The molecule has 0 aliphatic heterocycles. The summed E-state index contributed by atoms with van der Waals surface area (Å²) in [5.74, 6) is -0.860. The number of H-pyrrole nitrogens is 1. The Labute approximate surface area is 113 Å². The fraction of sp³-hybridized carbons (Fsp3) is 0.0769. The first-order valence-electron chi connectivity index (χ1n) is 5.46. The number of rotatable bonds is 2. The Balaban J connectivity index is 2.25. The van der Waals surface area contributed by atoms with Crippen LogP contribution in [0.2, 0.25) is 5.02 Å². The number of halogens is 1. The minimum absolute atomic E-state index is 0.0675. The molecule has 0 aliphatic rings. The molecule has 2 rings (SSSR count). The first-order valence-corrected chi connectivity index (χ1v) is 5.84. The SMILES string of the molecule is Cc1ccc(NC(=O)c2cc(O)[nH]c(=O)c2)cc1Cl. The number of amides is 1. The highest BCUT2D eigenvalue weighted by molar-refractivity contribution is 6.31. The molecule has 6 heteroatoms. The van der Waals surface area contributed by atoms with E-state index >= 15 is 0 Å². The number of pyridine rings is 1. The van der Waals surface area contributed by atoms with Gasteiger partial charge in [0.2, 0.25) is 0 Å². The van der Waals surface area contributed by atoms with Crippen LogP contribution in [0.5, 0.6) is 5.88 Å². The summed E-state index contributed by atoms with van der Waals surface area (Å²) < 4.78 is 0. The summed E-state index contributed by atoms with van der Waals surface area (Å²) in [6.07, 6.45) is 0. The molecule has 0 saturated heterocycles. The van der Waals surface area contributed by atoms with Crippen LogP contribution in [0.3, 0.4) is 0 Å². The first-order chi connectivity index (χ1) is 8.95. The van der Waals surface area contributed by atoms with Crippen LogP contribution < -0.4 is 10.9 Å². The Morgan fingerprint density at radius 2 is 2.05 bits per heavy atom. The van der Waals surface area contributed by atoms with Crippen molar-refractivity contribution < 1.29 is 9.90 Å². The fourth-order valence-electron chi connectivity index (χ4n) is 1.53. The zero-order valence-corrected chi connectivity index (χ0v) is 10.8. The Morgan fingerprint density at radius 3 is 2.68 bits per heavy atom. The molecule has 1 aromatic heterocycles. The third-order valence-electron chi connectivity index (χ3n) is 2.52. The van der Waals surface area contributed by atoms with Crippen LogP contribution in [0.4, 0.5) is 5.69 Å². The summed E-state index contributed by atoms with van der Waals surface area (Å²) in [6, 6.07) is 7.36. The first kappa shape index (κ1) is 13.2. The molecule has 1 heterocycles. The molecule has 98 valence electrons. The predicted molar refractivity (Wildman–Crippen MR) is 72.9 cm³/mol. The number of carbonyl (C=O) groups excluding carboxylic acids is 1. The van der Waals surface area contributed by atoms with Crippen molar-refractivity contribution in [3.63, 3.8) is 0 Å². The van der Waals surface area contributed by atoms with Crippen molar-refractivity contribution in [1.82, 2.24) is 4.98 Å². The van der Waals surface area contributed by atoms with Gasteiger partial charge in [-0.15, -0.1) is 0 Å². The Morgan fingerprint density at radius 1 is 1.32 bits per heavy atom. The van der Waals surface area contributed by atoms with Crippen LogP contribution in [0.1, 0.15) is 15.9 Å². The lowest BCUT2D eigenvalue weighted by molar-refractivity contribution is 0.102. The van der Waals surface area contributed by atoms with Gasteiger partial charge in [0, 0.05) is 22.8 Å². The van der Waals surface area contributed by atoms with E-state index in [0.29, 0.717) is 10.7 Å². The number of nitrogens with one attached hydrogen (secondary N) is 2. The molecular formula is C13H11ClN2O3. The largest absolute Gasteiger partial charge is 0.494 e. The van der Waals surface area contributed by atoms with Crippen LogP contribution >= 0.6 is 11.6 Å². The molecule has 0 saturated carbocycles. The molecule has 0 spiro atoms. The average molecular weight is 279 g/mol. The van der Waals surface area contributed by atoms with Gasteiger partial charge in [-0.2, -0.15) is 0 Å². The maximum Gasteiger partial charge on any atom is 0.256 e. The summed E-state index contributed by atoms with van der Waals surface area (Å²) in [5, 5.41) is 12.4. The molecule has 1 amide bonds. The van der Waals surface area contributed by atoms with E-state index < -0.39 is 11.5 Å². The maximum absolute atomic E-state index is 11.9. The molecule has 1 aromatic carbocycles. The molecule has 3 N–H and O–H groups in total. The number of hydrogen-bond acceptors (Lipinski definition) is 3. The zero-order valence-electron chi connectivity index (χ0n) is 10.0. The number of anilines is 1. The number of carbonyl (C=O) groups is 1. The van der Waals surface area contributed by atoms with Crippen molar-refractivity contribution >= 4 is 23.2 Å². The third kappa shape index (κ3) is 3.14. The highest BCUT2D eigenvalue weighted by Gasteiger charge is 2.09. The molecule has 5 nitrogen and oxygen atoms in total. The van der Waals surface area contributed by atoms with Gasteiger partial charge >= 0.3 is 0 Å². The monoisotopic (exact) mass is 278 g/mol. The van der Waals surface area contributed by atoms with Gasteiger partial charge in [-0.05, 0) is 24.6 Å². The summed E-state index contributed by atoms with van der Waals surface area (Å²) in [6.45, 7) is 1.85. The van der Waals surface area contributed by atoms with E-state index in [2.05, 4.69) is 10.3 Å². The summed E-state index contributed by atoms with van der Waals surface area (Å²) in [7, 11) is 0. The average Bonchev–Trinajstić information content (AvgIpc) is 2.32. The lowest BCUT2D eigenvalue weighted by atomic mass is 10.2. The number of hydrogen-bond donors (Lipinski definition) is 3. The van der Waals surface area contributed by atoms with Crippen molar-refractivity contribution in [3.05, 3.63) is 56.8 Å². The third-order valence-corrected chi connectivity index (χ3v) is 2.93. The van der Waals surface area contributed by atoms with Gasteiger partial charge in [0.25, 0.3) is 11.5 Å². The summed E-state index contributed by atoms with van der Waals surface area (Å²) in [4.78, 5) is 25.2. The molecule has 0 unspecified atom stereocenters. The summed E-state index contributed by atoms with van der Waals surface area (Å²) in [5.41, 5.74) is 0.930. The molecule has 0 aliphatic carbocycles. The molecule has 0 fully saturated rings. The number of aromatic amines is 1. The molecule has 0 atom stereocenters. The topological polar surface area (TPSA) is 82.2 Å². The van der Waals surface area contributed by atoms with Crippen molar-refractivity contribution in [2.24, 2.45) is 0 Å². The van der Waals surface area contributed by atoms with E-state index in [9.17, 15) is 14.7 Å². The van der Waals surface area contributed by atoms with Gasteiger partial charge in [0.1, 0.15) is 0 Å². The second-order valence-electron chi connectivity index (χ2n) is 4.04. The van der Waals surface area contributed by atoms with Crippen LogP contribution in [-0.2, 0) is 0 Å². The number of benzene rings is 1. The molecule has 2 aromatic rings. The van der Waals surface area contributed by atoms with Crippen LogP contribution in [0, 0.1) is 6.92 Å². The minimum atomic E-state index is -0.549. The van der Waals surface area contributed by atoms with Crippen molar-refractivity contribution in [3.8, 4) is 5.88 Å². The van der Waals surface area contributed by atoms with Crippen molar-refractivity contribution in [2.75, 3.05) is 5.32 Å². The van der Waals surface area contributed by atoms with Gasteiger partial charge < -0.3 is 10.4 Å². The van der Waals surface area contributed by atoms with Crippen molar-refractivity contribution in [1.29, 1.82) is 0 Å². The molecular weight excluding hydrogens is 268 g/mol. The van der Waals surface area contributed by atoms with Gasteiger partial charge in [0.15, 0.2) is 5.88 Å². The fourth-order valence-corrected chi connectivity index (χ4v) is 1.71. The second-order valence-corrected chi connectivity index (χ2v) is 4.44. The van der Waals surface area contributed by atoms with E-state index in [1.807, 2.05) is 6.92 Å². The van der Waals surface area contributed by atoms with Crippen molar-refractivity contribution in [2.45, 2.75) is 6.92 Å². The van der Waals surface area contributed by atoms with Gasteiger partial charge in [0.05, 0.1) is 5.56 Å². The predicted octanol–water partition coefficient (Wildman–Crippen LogP) is 2.29. The summed E-state index contributed by atoms with van der Waals surface area (Å²) >= 11 is 5.95. The van der Waals surface area contributed by atoms with E-state index in [1.165, 1.54) is 6.07 Å². The minimum Gasteiger partial charge on any atom is -0.494 e. The molecule has 19 heavy (non-hydrogen) atoms. The highest BCUT2D eigenvalue weighted by atomic mass is 35.5. The van der Waals surface area contributed by atoms with E-state index in [-0.39, 0.29) is 11.4 Å². The van der Waals surface area contributed by atoms with Gasteiger partial charge in [-0.3, -0.25) is 14.6 Å². The lowest BCUT2D eigenvalue weighted by Crippen LogP contribution is -2.15. The number of aromatic hydroxyl groups is 1. The number of aromatic nitrogens is 1. The Hall–Kier alpha value is -2.27. The van der Waals surface area contributed by atoms with Gasteiger partial charge in [-0.25, -0.2) is 0 Å². The van der Waals surface area contributed by atoms with Crippen LogP contribution in [-0.4, -0.2) is 16.0 Å². The van der Waals surface area contributed by atoms with E-state index in [0.717, 1.165) is 11.6 Å². The van der Waals surface area contributed by atoms with Crippen LogP contribution in [0.25, 0.3) is 0 Å². The normalized spacial score (nSPS) is 10.2. The smallest absolute Gasteiger partial charge is 0.256 e. The quantitative estimate of drug-likeness (QED) is 0.788. The number of aryl methyl sites for hydroxylation is 1. The maximum atomic E-state index is 11.9. The van der Waals surface area contributed by atoms with Gasteiger partial charge in [-0.1, -0.05) is 17.7 Å².